The molecule has 9 heteroatoms. The molecular weight excluding hydrogens is 268 g/mol. The van der Waals surface area contributed by atoms with E-state index in [1.54, 1.807) is 13.8 Å². The highest BCUT2D eigenvalue weighted by Crippen LogP contribution is 2.14. The lowest BCUT2D eigenvalue weighted by Gasteiger charge is -2.12. The van der Waals surface area contributed by atoms with Gasteiger partial charge in [-0.25, -0.2) is 9.36 Å². The molecular formula is C11H16N4O5. The van der Waals surface area contributed by atoms with Crippen LogP contribution in [0.4, 0.5) is 11.5 Å². The molecule has 0 amide bonds. The van der Waals surface area contributed by atoms with Crippen LogP contribution in [0.15, 0.2) is 14.8 Å². The van der Waals surface area contributed by atoms with E-state index >= 15 is 0 Å². The van der Waals surface area contributed by atoms with E-state index in [4.69, 9.17) is 5.73 Å². The molecule has 0 unspecified atom stereocenters. The van der Waals surface area contributed by atoms with E-state index in [1.807, 2.05) is 0 Å². The molecule has 20 heavy (non-hydrogen) atoms. The molecule has 0 aromatic carbocycles. The number of nitroso groups, excluding NO2 is 1. The van der Waals surface area contributed by atoms with E-state index in [1.165, 1.54) is 0 Å². The van der Waals surface area contributed by atoms with Gasteiger partial charge in [-0.1, -0.05) is 6.92 Å². The molecule has 0 aliphatic carbocycles. The maximum Gasteiger partial charge on any atom is 0.333 e. The largest absolute Gasteiger partial charge is 0.465 e. The molecule has 1 heterocycles. The number of hydrogen-bond donors (Lipinski definition) is 1. The number of esters is 1. The lowest BCUT2D eigenvalue weighted by molar-refractivity contribution is -0.143. The minimum atomic E-state index is -0.997. The Labute approximate surface area is 113 Å². The Morgan fingerprint density at radius 3 is 2.45 bits per heavy atom. The van der Waals surface area contributed by atoms with Crippen LogP contribution in [0.5, 0.6) is 0 Å². The number of carbonyl (C=O) groups is 1. The minimum absolute atomic E-state index is 0.116. The number of hydrogen-bond acceptors (Lipinski definition) is 7. The molecule has 0 aliphatic heterocycles. The van der Waals surface area contributed by atoms with E-state index in [9.17, 15) is 19.3 Å². The molecule has 0 aliphatic rings. The van der Waals surface area contributed by atoms with Gasteiger partial charge >= 0.3 is 11.7 Å². The zero-order chi connectivity index (χ0) is 15.3. The standard InChI is InChI=1S/C11H16N4O5/c1-3-5-14-9(12)8(13-19)10(17)15(11(14)18)6-7(16)20-4-2/h3-6,12H2,1-2H3. The summed E-state index contributed by atoms with van der Waals surface area (Å²) in [5, 5.41) is 2.55. The van der Waals surface area contributed by atoms with Crippen molar-refractivity contribution in [2.24, 2.45) is 5.18 Å². The average molecular weight is 284 g/mol. The van der Waals surface area contributed by atoms with Gasteiger partial charge in [-0.15, -0.1) is 4.91 Å². The van der Waals surface area contributed by atoms with Crippen LogP contribution < -0.4 is 17.0 Å². The van der Waals surface area contributed by atoms with E-state index < -0.39 is 29.5 Å². The Hall–Kier alpha value is -2.45. The summed E-state index contributed by atoms with van der Waals surface area (Å²) >= 11 is 0. The van der Waals surface area contributed by atoms with Crippen molar-refractivity contribution >= 4 is 17.5 Å². The molecule has 2 N–H and O–H groups in total. The van der Waals surface area contributed by atoms with E-state index in [0.717, 1.165) is 4.57 Å². The summed E-state index contributed by atoms with van der Waals surface area (Å²) in [6.45, 7) is 3.12. The van der Waals surface area contributed by atoms with Crippen LogP contribution in [0, 0.1) is 4.91 Å². The second-order valence-electron chi connectivity index (χ2n) is 3.96. The number of ether oxygens (including phenoxy) is 1. The summed E-state index contributed by atoms with van der Waals surface area (Å²) < 4.78 is 6.31. The van der Waals surface area contributed by atoms with Gasteiger partial charge in [-0.3, -0.25) is 14.2 Å². The number of nitrogen functional groups attached to an aromatic ring is 1. The first-order valence-electron chi connectivity index (χ1n) is 6.09. The van der Waals surface area contributed by atoms with Gasteiger partial charge in [0.15, 0.2) is 0 Å². The first kappa shape index (κ1) is 15.6. The van der Waals surface area contributed by atoms with Crippen molar-refractivity contribution in [1.29, 1.82) is 0 Å². The van der Waals surface area contributed by atoms with Crippen LogP contribution in [0.1, 0.15) is 20.3 Å². The van der Waals surface area contributed by atoms with Gasteiger partial charge < -0.3 is 10.5 Å². The molecule has 1 aromatic rings. The lowest BCUT2D eigenvalue weighted by atomic mass is 10.4. The molecule has 1 rings (SSSR count). The molecule has 0 saturated heterocycles. The van der Waals surface area contributed by atoms with Gasteiger partial charge in [0.25, 0.3) is 5.56 Å². The minimum Gasteiger partial charge on any atom is -0.465 e. The first-order valence-corrected chi connectivity index (χ1v) is 6.09. The highest BCUT2D eigenvalue weighted by atomic mass is 16.5. The smallest absolute Gasteiger partial charge is 0.333 e. The summed E-state index contributed by atoms with van der Waals surface area (Å²) in [5.41, 5.74) is 3.23. The fraction of sp³-hybridized carbons (Fsp3) is 0.545. The highest BCUT2D eigenvalue weighted by Gasteiger charge is 2.19. The molecule has 0 saturated carbocycles. The molecule has 0 atom stereocenters. The number of nitrogens with two attached hydrogens (primary N) is 1. The fourth-order valence-corrected chi connectivity index (χ4v) is 1.70. The van der Waals surface area contributed by atoms with E-state index in [2.05, 4.69) is 9.91 Å². The highest BCUT2D eigenvalue weighted by molar-refractivity contribution is 5.69. The average Bonchev–Trinajstić information content (AvgIpc) is 2.40. The Morgan fingerprint density at radius 2 is 1.95 bits per heavy atom. The van der Waals surface area contributed by atoms with Crippen molar-refractivity contribution in [2.45, 2.75) is 33.4 Å². The molecule has 0 spiro atoms. The summed E-state index contributed by atoms with van der Waals surface area (Å²) in [6, 6.07) is 0. The molecule has 0 fully saturated rings. The van der Waals surface area contributed by atoms with Crippen LogP contribution in [-0.4, -0.2) is 21.7 Å². The summed E-state index contributed by atoms with van der Waals surface area (Å²) in [4.78, 5) is 46.1. The van der Waals surface area contributed by atoms with E-state index in [0.29, 0.717) is 11.0 Å². The Bertz CT molecular complexity index is 631. The van der Waals surface area contributed by atoms with Crippen LogP contribution >= 0.6 is 0 Å². The van der Waals surface area contributed by atoms with Gasteiger partial charge in [0.1, 0.15) is 12.4 Å². The Kier molecular flexibility index (Phi) is 5.18. The number of anilines is 1. The van der Waals surface area contributed by atoms with Crippen molar-refractivity contribution in [3.8, 4) is 0 Å². The van der Waals surface area contributed by atoms with Crippen molar-refractivity contribution in [2.75, 3.05) is 12.3 Å². The molecule has 1 aromatic heterocycles. The third-order valence-electron chi connectivity index (χ3n) is 2.57. The molecule has 9 nitrogen and oxygen atoms in total. The Morgan fingerprint density at radius 1 is 1.30 bits per heavy atom. The first-order chi connectivity index (χ1) is 9.47. The third-order valence-corrected chi connectivity index (χ3v) is 2.57. The third kappa shape index (κ3) is 2.92. The van der Waals surface area contributed by atoms with Gasteiger partial charge in [0, 0.05) is 6.54 Å². The van der Waals surface area contributed by atoms with Gasteiger partial charge in [0.2, 0.25) is 5.69 Å². The predicted molar refractivity (Wildman–Crippen MR) is 71.8 cm³/mol. The number of carbonyl (C=O) groups excluding carboxylic acids is 1. The summed E-state index contributed by atoms with van der Waals surface area (Å²) in [6.07, 6.45) is 0.556. The van der Waals surface area contributed by atoms with Crippen LogP contribution in [-0.2, 0) is 22.6 Å². The van der Waals surface area contributed by atoms with Crippen LogP contribution in [0.2, 0.25) is 0 Å². The van der Waals surface area contributed by atoms with Crippen molar-refractivity contribution in [3.63, 3.8) is 0 Å². The van der Waals surface area contributed by atoms with Crippen LogP contribution in [0.3, 0.4) is 0 Å². The van der Waals surface area contributed by atoms with Crippen molar-refractivity contribution < 1.29 is 9.53 Å². The SMILES string of the molecule is CCCn1c(N)c(N=O)c(=O)n(CC(=O)OCC)c1=O. The van der Waals surface area contributed by atoms with Gasteiger partial charge in [-0.05, 0) is 18.5 Å². The number of nitrogens with zero attached hydrogens (tertiary/aromatic N) is 3. The van der Waals surface area contributed by atoms with Crippen molar-refractivity contribution in [3.05, 3.63) is 25.7 Å². The van der Waals surface area contributed by atoms with Gasteiger partial charge in [-0.2, -0.15) is 0 Å². The Balaban J connectivity index is 3.47. The zero-order valence-corrected chi connectivity index (χ0v) is 11.3. The molecule has 0 radical (unpaired) electrons. The second kappa shape index (κ2) is 6.64. The fourth-order valence-electron chi connectivity index (χ4n) is 1.70. The zero-order valence-electron chi connectivity index (χ0n) is 11.3. The summed E-state index contributed by atoms with van der Waals surface area (Å²) in [5.74, 6) is -1.05. The maximum atomic E-state index is 12.1. The van der Waals surface area contributed by atoms with Crippen LogP contribution in [0.25, 0.3) is 0 Å². The number of aromatic nitrogens is 2. The molecule has 110 valence electrons. The summed E-state index contributed by atoms with van der Waals surface area (Å²) in [7, 11) is 0. The predicted octanol–water partition coefficient (Wildman–Crippen LogP) is -0.0368. The lowest BCUT2D eigenvalue weighted by Crippen LogP contribution is -2.42. The van der Waals surface area contributed by atoms with Gasteiger partial charge in [0.05, 0.1) is 6.61 Å². The normalized spacial score (nSPS) is 10.3. The number of rotatable bonds is 6. The monoisotopic (exact) mass is 284 g/mol. The topological polar surface area (TPSA) is 126 Å². The second-order valence-corrected chi connectivity index (χ2v) is 3.96. The maximum absolute atomic E-state index is 12.1. The van der Waals surface area contributed by atoms with E-state index in [-0.39, 0.29) is 19.0 Å². The van der Waals surface area contributed by atoms with Crippen molar-refractivity contribution in [1.82, 2.24) is 9.13 Å². The quantitative estimate of drug-likeness (QED) is 0.577. The molecule has 0 bridgehead atoms.